The minimum absolute atomic E-state index is 0.110. The molecule has 1 unspecified atom stereocenters. The summed E-state index contributed by atoms with van der Waals surface area (Å²) in [4.78, 5) is 40.1. The Morgan fingerprint density at radius 2 is 0.873 bits per heavy atom. The van der Waals surface area contributed by atoms with Crippen molar-refractivity contribution in [2.75, 3.05) is 73.4 Å². The van der Waals surface area contributed by atoms with Gasteiger partial charge in [0.2, 0.25) is 5.91 Å². The van der Waals surface area contributed by atoms with E-state index in [0.29, 0.717) is 39.0 Å². The minimum atomic E-state index is -0.732. The van der Waals surface area contributed by atoms with Gasteiger partial charge in [0.05, 0.1) is 13.2 Å². The van der Waals surface area contributed by atoms with Gasteiger partial charge in [-0.3, -0.25) is 4.79 Å². The van der Waals surface area contributed by atoms with Crippen LogP contribution < -0.4 is 16.0 Å². The van der Waals surface area contributed by atoms with E-state index in [-0.39, 0.29) is 25.7 Å². The Morgan fingerprint density at radius 1 is 0.455 bits per heavy atom. The van der Waals surface area contributed by atoms with Crippen molar-refractivity contribution in [2.24, 2.45) is 0 Å². The first-order chi connectivity index (χ1) is 27.0. The highest BCUT2D eigenvalue weighted by atomic mass is 16.6. The van der Waals surface area contributed by atoms with Crippen LogP contribution in [0.4, 0.5) is 9.59 Å². The fourth-order valence-electron chi connectivity index (χ4n) is 6.75. The maximum atomic E-state index is 13.3. The Bertz CT molecular complexity index is 823. The largest absolute Gasteiger partial charge is 0.447 e. The Morgan fingerprint density at radius 3 is 1.31 bits per heavy atom. The molecule has 3 amide bonds. The molecule has 0 heterocycles. The molecule has 55 heavy (non-hydrogen) atoms. The molecule has 326 valence electrons. The lowest BCUT2D eigenvalue weighted by Crippen LogP contribution is -2.48. The van der Waals surface area contributed by atoms with Crippen molar-refractivity contribution in [3.8, 4) is 0 Å². The van der Waals surface area contributed by atoms with Gasteiger partial charge in [-0.1, -0.05) is 155 Å². The lowest BCUT2D eigenvalue weighted by molar-refractivity contribution is -0.123. The van der Waals surface area contributed by atoms with Crippen molar-refractivity contribution in [2.45, 2.75) is 193 Å². The van der Waals surface area contributed by atoms with Gasteiger partial charge in [0.15, 0.2) is 0 Å². The second-order valence-corrected chi connectivity index (χ2v) is 15.3. The van der Waals surface area contributed by atoms with E-state index in [0.717, 1.165) is 19.6 Å². The molecular formula is C44H88N4O7. The van der Waals surface area contributed by atoms with Crippen molar-refractivity contribution in [1.29, 1.82) is 0 Å². The zero-order chi connectivity index (χ0) is 40.3. The molecule has 11 nitrogen and oxygen atoms in total. The van der Waals surface area contributed by atoms with Gasteiger partial charge in [-0.25, -0.2) is 9.59 Å². The number of alkyl carbamates (subject to hydrolysis) is 2. The lowest BCUT2D eigenvalue weighted by atomic mass is 10.0. The zero-order valence-corrected chi connectivity index (χ0v) is 36.3. The molecule has 0 saturated carbocycles. The van der Waals surface area contributed by atoms with E-state index in [9.17, 15) is 14.4 Å². The van der Waals surface area contributed by atoms with E-state index in [1.165, 1.54) is 161 Å². The number of methoxy groups -OCH3 is 2. The summed E-state index contributed by atoms with van der Waals surface area (Å²) in [6.45, 7) is 9.32. The van der Waals surface area contributed by atoms with Crippen LogP contribution in [0.15, 0.2) is 0 Å². The molecule has 3 N–H and O–H groups in total. The number of nitrogens with zero attached hydrogens (tertiary/aromatic N) is 1. The Kier molecular flexibility index (Phi) is 41.4. The number of nitrogens with one attached hydrogen (secondary N) is 3. The summed E-state index contributed by atoms with van der Waals surface area (Å²) in [5.74, 6) is -0.216. The first kappa shape index (κ1) is 52.9. The van der Waals surface area contributed by atoms with Crippen molar-refractivity contribution in [3.05, 3.63) is 0 Å². The van der Waals surface area contributed by atoms with E-state index in [1.54, 1.807) is 7.11 Å². The number of rotatable bonds is 42. The third-order valence-electron chi connectivity index (χ3n) is 10.2. The predicted octanol–water partition coefficient (Wildman–Crippen LogP) is 10.1. The van der Waals surface area contributed by atoms with Gasteiger partial charge in [0.1, 0.15) is 19.3 Å². The quantitative estimate of drug-likeness (QED) is 0.0522. The van der Waals surface area contributed by atoms with Crippen LogP contribution in [0.2, 0.25) is 0 Å². The highest BCUT2D eigenvalue weighted by Gasteiger charge is 2.21. The van der Waals surface area contributed by atoms with Gasteiger partial charge < -0.3 is 39.8 Å². The fraction of sp³-hybridized carbons (Fsp3) is 0.932. The van der Waals surface area contributed by atoms with E-state index in [1.807, 2.05) is 0 Å². The number of carbonyl (C=O) groups is 3. The van der Waals surface area contributed by atoms with Crippen LogP contribution in [0, 0.1) is 0 Å². The van der Waals surface area contributed by atoms with E-state index >= 15 is 0 Å². The van der Waals surface area contributed by atoms with Crippen LogP contribution in [-0.4, -0.2) is 102 Å². The van der Waals surface area contributed by atoms with Gasteiger partial charge in [-0.2, -0.15) is 0 Å². The summed E-state index contributed by atoms with van der Waals surface area (Å²) in [6.07, 6.45) is 32.7. The molecule has 0 spiro atoms. The minimum Gasteiger partial charge on any atom is -0.447 e. The zero-order valence-electron chi connectivity index (χ0n) is 36.3. The highest BCUT2D eigenvalue weighted by molar-refractivity contribution is 5.85. The van der Waals surface area contributed by atoms with Crippen LogP contribution in [0.5, 0.6) is 0 Å². The first-order valence-corrected chi connectivity index (χ1v) is 22.8. The maximum Gasteiger partial charge on any atom is 0.407 e. The third kappa shape index (κ3) is 38.5. The molecule has 0 radical (unpaired) electrons. The molecule has 0 aromatic rings. The molecule has 0 aliphatic rings. The first-order valence-electron chi connectivity index (χ1n) is 22.8. The van der Waals surface area contributed by atoms with Crippen LogP contribution in [-0.2, 0) is 23.7 Å². The summed E-state index contributed by atoms with van der Waals surface area (Å²) < 4.78 is 20.1. The van der Waals surface area contributed by atoms with Crippen LogP contribution >= 0.6 is 0 Å². The molecule has 11 heteroatoms. The van der Waals surface area contributed by atoms with Gasteiger partial charge in [0.25, 0.3) is 0 Å². The van der Waals surface area contributed by atoms with Crippen molar-refractivity contribution >= 4 is 18.1 Å². The van der Waals surface area contributed by atoms with Crippen LogP contribution in [0.3, 0.4) is 0 Å². The lowest BCUT2D eigenvalue weighted by Gasteiger charge is -2.24. The maximum absolute atomic E-state index is 13.3. The topological polar surface area (TPSA) is 127 Å². The van der Waals surface area contributed by atoms with Gasteiger partial charge in [-0.15, -0.1) is 0 Å². The molecule has 0 aliphatic carbocycles. The molecule has 0 aromatic heterocycles. The molecule has 0 rings (SSSR count). The molecule has 0 aliphatic heterocycles. The SMILES string of the molecule is CCCCCCCCCCCCCCN(CCCCCCCCCCCCCC)CCNC(=O)C(CCCCNC(=O)OCCOC)NC(=O)OCCOC. The smallest absolute Gasteiger partial charge is 0.407 e. The standard InChI is InChI=1S/C44H88N4O7/c1-5-7-9-11-13-15-17-19-21-23-25-29-34-48(35-30-26-24-22-20-18-16-14-12-10-8-6-2)36-33-45-42(49)41(47-44(51)55-40-38-53-4)31-27-28-32-46-43(50)54-39-37-52-3/h41H,5-40H2,1-4H3,(H,45,49)(H,46,50)(H,47,51). The molecule has 1 atom stereocenters. The molecule has 0 fully saturated rings. The van der Waals surface area contributed by atoms with Gasteiger partial charge in [-0.05, 0) is 45.2 Å². The second-order valence-electron chi connectivity index (χ2n) is 15.3. The number of hydrogen-bond donors (Lipinski definition) is 3. The monoisotopic (exact) mass is 785 g/mol. The highest BCUT2D eigenvalue weighted by Crippen LogP contribution is 2.14. The fourth-order valence-corrected chi connectivity index (χ4v) is 6.75. The van der Waals surface area contributed by atoms with Crippen LogP contribution in [0.25, 0.3) is 0 Å². The summed E-state index contributed by atoms with van der Waals surface area (Å²) in [7, 11) is 3.09. The summed E-state index contributed by atoms with van der Waals surface area (Å²) >= 11 is 0. The predicted molar refractivity (Wildman–Crippen MR) is 227 cm³/mol. The van der Waals surface area contributed by atoms with Gasteiger partial charge >= 0.3 is 12.2 Å². The molecular weight excluding hydrogens is 697 g/mol. The average Bonchev–Trinajstić information content (AvgIpc) is 3.18. The van der Waals surface area contributed by atoms with E-state index in [4.69, 9.17) is 18.9 Å². The number of ether oxygens (including phenoxy) is 4. The number of carbonyl (C=O) groups excluding carboxylic acids is 3. The van der Waals surface area contributed by atoms with Gasteiger partial charge in [0, 0.05) is 33.9 Å². The number of hydrogen-bond acceptors (Lipinski definition) is 8. The number of amides is 3. The second kappa shape index (κ2) is 43.0. The Hall–Kier alpha value is -2.11. The average molecular weight is 785 g/mol. The summed E-state index contributed by atoms with van der Waals surface area (Å²) in [6, 6.07) is -0.732. The van der Waals surface area contributed by atoms with Crippen LogP contribution in [0.1, 0.15) is 187 Å². The molecule has 0 aromatic carbocycles. The Labute approximate surface area is 338 Å². The van der Waals surface area contributed by atoms with Crippen molar-refractivity contribution < 1.29 is 33.3 Å². The third-order valence-corrected chi connectivity index (χ3v) is 10.2. The normalized spacial score (nSPS) is 11.8. The van der Waals surface area contributed by atoms with Crippen molar-refractivity contribution in [3.63, 3.8) is 0 Å². The van der Waals surface area contributed by atoms with E-state index in [2.05, 4.69) is 34.7 Å². The van der Waals surface area contributed by atoms with E-state index < -0.39 is 18.2 Å². The Balaban J connectivity index is 4.78. The number of unbranched alkanes of at least 4 members (excludes halogenated alkanes) is 23. The molecule has 0 saturated heterocycles. The summed E-state index contributed by atoms with van der Waals surface area (Å²) in [5.41, 5.74) is 0. The molecule has 0 bridgehead atoms. The summed E-state index contributed by atoms with van der Waals surface area (Å²) in [5, 5.41) is 8.53. The van der Waals surface area contributed by atoms with Crippen molar-refractivity contribution in [1.82, 2.24) is 20.9 Å².